The number of amides is 1. The second kappa shape index (κ2) is 10.2. The lowest BCUT2D eigenvalue weighted by Gasteiger charge is -2.25. The third-order valence-electron chi connectivity index (χ3n) is 5.81. The van der Waals surface area contributed by atoms with E-state index in [1.54, 1.807) is 4.90 Å². The maximum atomic E-state index is 12.3. The Bertz CT molecular complexity index is 993. The Morgan fingerprint density at radius 3 is 1.97 bits per heavy atom. The van der Waals surface area contributed by atoms with Crippen LogP contribution in [0.2, 0.25) is 0 Å². The summed E-state index contributed by atoms with van der Waals surface area (Å²) < 4.78 is 5.61. The van der Waals surface area contributed by atoms with Gasteiger partial charge in [-0.3, -0.25) is 4.90 Å². The zero-order valence-corrected chi connectivity index (χ0v) is 18.6. The summed E-state index contributed by atoms with van der Waals surface area (Å²) in [5, 5.41) is 0. The van der Waals surface area contributed by atoms with E-state index in [0.29, 0.717) is 13.0 Å². The average Bonchev–Trinajstić information content (AvgIpc) is 3.09. The monoisotopic (exact) mass is 426 g/mol. The van der Waals surface area contributed by atoms with Crippen LogP contribution < -0.4 is 4.90 Å². The van der Waals surface area contributed by atoms with E-state index in [0.717, 1.165) is 47.6 Å². The van der Waals surface area contributed by atoms with Crippen molar-refractivity contribution in [1.82, 2.24) is 4.90 Å². The molecule has 3 aromatic rings. The number of anilines is 3. The van der Waals surface area contributed by atoms with E-state index in [4.69, 9.17) is 4.74 Å². The van der Waals surface area contributed by atoms with E-state index >= 15 is 0 Å². The van der Waals surface area contributed by atoms with Gasteiger partial charge in [0, 0.05) is 30.0 Å². The van der Waals surface area contributed by atoms with Gasteiger partial charge in [-0.2, -0.15) is 0 Å². The maximum Gasteiger partial charge on any atom is 0.414 e. The second-order valence-electron chi connectivity index (χ2n) is 8.10. The number of hydrogen-bond donors (Lipinski definition) is 0. The van der Waals surface area contributed by atoms with Crippen LogP contribution in [0.1, 0.15) is 31.7 Å². The van der Waals surface area contributed by atoms with Crippen LogP contribution in [0.5, 0.6) is 0 Å². The molecule has 1 aliphatic heterocycles. The van der Waals surface area contributed by atoms with Crippen LogP contribution in [-0.2, 0) is 11.2 Å². The number of nitrogens with zero attached hydrogens (tertiary/aromatic N) is 2. The Kier molecular flexibility index (Phi) is 6.90. The highest BCUT2D eigenvalue weighted by Crippen LogP contribution is 2.34. The van der Waals surface area contributed by atoms with Gasteiger partial charge in [-0.05, 0) is 48.4 Å². The number of carbonyl (C=O) groups excluding carboxylic acids is 1. The first-order chi connectivity index (χ1) is 15.7. The first-order valence-corrected chi connectivity index (χ1v) is 11.3. The van der Waals surface area contributed by atoms with Crippen LogP contribution in [0.15, 0.2) is 97.2 Å². The quantitative estimate of drug-likeness (QED) is 0.339. The predicted octanol–water partition coefficient (Wildman–Crippen LogP) is 7.22. The molecule has 1 unspecified atom stereocenters. The molecular formula is C28H30N2O2. The summed E-state index contributed by atoms with van der Waals surface area (Å²) >= 11 is 0. The van der Waals surface area contributed by atoms with E-state index in [1.807, 2.05) is 36.4 Å². The molecule has 1 heterocycles. The highest BCUT2D eigenvalue weighted by Gasteiger charge is 2.34. The molecule has 4 heteroatoms. The number of unbranched alkanes of at least 4 members (excludes halogenated alkanes) is 2. The van der Waals surface area contributed by atoms with Crippen molar-refractivity contribution in [2.75, 3.05) is 11.4 Å². The molecule has 3 aromatic carbocycles. The third kappa shape index (κ3) is 4.86. The van der Waals surface area contributed by atoms with Gasteiger partial charge in [0.25, 0.3) is 0 Å². The smallest absolute Gasteiger partial charge is 0.414 e. The molecule has 0 radical (unpaired) electrons. The lowest BCUT2D eigenvalue weighted by atomic mass is 10.0. The SMILES string of the molecule is C=C1C(Cc2ccc(N(c3ccccc3)c3ccccc3)cc2)OC(=O)N1CCCCC. The summed E-state index contributed by atoms with van der Waals surface area (Å²) in [4.78, 5) is 16.2. The average molecular weight is 427 g/mol. The fourth-order valence-corrected chi connectivity index (χ4v) is 4.06. The van der Waals surface area contributed by atoms with Crippen LogP contribution in [0.25, 0.3) is 0 Å². The summed E-state index contributed by atoms with van der Waals surface area (Å²) in [5.41, 5.74) is 5.17. The van der Waals surface area contributed by atoms with Crippen molar-refractivity contribution < 1.29 is 9.53 Å². The van der Waals surface area contributed by atoms with Crippen LogP contribution in [-0.4, -0.2) is 23.6 Å². The third-order valence-corrected chi connectivity index (χ3v) is 5.81. The summed E-state index contributed by atoms with van der Waals surface area (Å²) in [6, 6.07) is 29.1. The maximum absolute atomic E-state index is 12.3. The van der Waals surface area contributed by atoms with Gasteiger partial charge in [-0.25, -0.2) is 4.79 Å². The number of cyclic esters (lactones) is 1. The minimum absolute atomic E-state index is 0.271. The minimum Gasteiger partial charge on any atom is -0.439 e. The summed E-state index contributed by atoms with van der Waals surface area (Å²) in [6.07, 6.45) is 3.25. The van der Waals surface area contributed by atoms with E-state index in [-0.39, 0.29) is 12.2 Å². The van der Waals surface area contributed by atoms with Crippen molar-refractivity contribution in [2.24, 2.45) is 0 Å². The van der Waals surface area contributed by atoms with Gasteiger partial charge in [-0.1, -0.05) is 74.9 Å². The van der Waals surface area contributed by atoms with Gasteiger partial charge in [0.1, 0.15) is 6.10 Å². The van der Waals surface area contributed by atoms with Crippen LogP contribution in [0.3, 0.4) is 0 Å². The van der Waals surface area contributed by atoms with Crippen LogP contribution in [0.4, 0.5) is 21.9 Å². The zero-order valence-electron chi connectivity index (χ0n) is 18.6. The summed E-state index contributed by atoms with van der Waals surface area (Å²) in [7, 11) is 0. The lowest BCUT2D eigenvalue weighted by Crippen LogP contribution is -2.24. The Hall–Kier alpha value is -3.53. The minimum atomic E-state index is -0.297. The first-order valence-electron chi connectivity index (χ1n) is 11.3. The molecule has 4 rings (SSSR count). The molecule has 0 aromatic heterocycles. The topological polar surface area (TPSA) is 32.8 Å². The van der Waals surface area contributed by atoms with Crippen molar-refractivity contribution in [3.63, 3.8) is 0 Å². The van der Waals surface area contributed by atoms with Crippen LogP contribution >= 0.6 is 0 Å². The van der Waals surface area contributed by atoms with Gasteiger partial charge in [-0.15, -0.1) is 0 Å². The Morgan fingerprint density at radius 1 is 0.844 bits per heavy atom. The molecule has 1 fully saturated rings. The lowest BCUT2D eigenvalue weighted by molar-refractivity contribution is 0.133. The fourth-order valence-electron chi connectivity index (χ4n) is 4.06. The predicted molar refractivity (Wildman–Crippen MR) is 130 cm³/mol. The molecule has 1 amide bonds. The standard InChI is InChI=1S/C28H30N2O2/c1-3-4-11-20-29-22(2)27(32-28(29)31)21-23-16-18-26(19-17-23)30(24-12-7-5-8-13-24)25-14-9-6-10-15-25/h5-10,12-19,27H,2-4,11,20-21H2,1H3. The second-order valence-corrected chi connectivity index (χ2v) is 8.10. The van der Waals surface area contributed by atoms with Crippen molar-refractivity contribution in [3.8, 4) is 0 Å². The van der Waals surface area contributed by atoms with E-state index in [2.05, 4.69) is 66.9 Å². The molecule has 0 bridgehead atoms. The van der Waals surface area contributed by atoms with E-state index in [1.165, 1.54) is 0 Å². The number of rotatable bonds is 9. The Balaban J connectivity index is 1.50. The normalized spacial score (nSPS) is 15.7. The van der Waals surface area contributed by atoms with E-state index in [9.17, 15) is 4.79 Å². The number of carbonyl (C=O) groups is 1. The molecule has 32 heavy (non-hydrogen) atoms. The zero-order chi connectivity index (χ0) is 22.3. The van der Waals surface area contributed by atoms with Crippen molar-refractivity contribution >= 4 is 23.2 Å². The highest BCUT2D eigenvalue weighted by atomic mass is 16.6. The number of para-hydroxylation sites is 2. The molecule has 0 saturated carbocycles. The Morgan fingerprint density at radius 2 is 1.41 bits per heavy atom. The van der Waals surface area contributed by atoms with Gasteiger partial charge in [0.15, 0.2) is 0 Å². The van der Waals surface area contributed by atoms with Gasteiger partial charge < -0.3 is 9.64 Å². The molecule has 4 nitrogen and oxygen atoms in total. The van der Waals surface area contributed by atoms with Gasteiger partial charge in [0.2, 0.25) is 0 Å². The molecule has 1 atom stereocenters. The summed E-state index contributed by atoms with van der Waals surface area (Å²) in [5.74, 6) is 0. The number of ether oxygens (including phenoxy) is 1. The molecule has 164 valence electrons. The van der Waals surface area contributed by atoms with Crippen molar-refractivity contribution in [3.05, 3.63) is 103 Å². The van der Waals surface area contributed by atoms with E-state index < -0.39 is 0 Å². The molecular weight excluding hydrogens is 396 g/mol. The fraction of sp³-hybridized carbons (Fsp3) is 0.250. The molecule has 0 aliphatic carbocycles. The Labute approximate surface area is 190 Å². The summed E-state index contributed by atoms with van der Waals surface area (Å²) in [6.45, 7) is 6.98. The van der Waals surface area contributed by atoms with Gasteiger partial charge in [0.05, 0.1) is 5.70 Å². The first kappa shape index (κ1) is 21.7. The number of benzene rings is 3. The molecule has 0 N–H and O–H groups in total. The van der Waals surface area contributed by atoms with Crippen molar-refractivity contribution in [2.45, 2.75) is 38.7 Å². The molecule has 0 spiro atoms. The number of hydrogen-bond acceptors (Lipinski definition) is 3. The highest BCUT2D eigenvalue weighted by molar-refractivity contribution is 5.76. The largest absolute Gasteiger partial charge is 0.439 e. The van der Waals surface area contributed by atoms with Crippen LogP contribution in [0, 0.1) is 0 Å². The van der Waals surface area contributed by atoms with Crippen molar-refractivity contribution in [1.29, 1.82) is 0 Å². The van der Waals surface area contributed by atoms with Gasteiger partial charge >= 0.3 is 6.09 Å². The molecule has 1 aliphatic rings. The molecule has 1 saturated heterocycles.